The number of carbonyl (C=O) groups excluding carboxylic acids is 1. The number of tetrazole rings is 1. The number of hydrogen-bond donors (Lipinski definition) is 1. The number of nitrogens with one attached hydrogen (secondary N) is 1. The first-order valence-electron chi connectivity index (χ1n) is 7.94. The molecule has 0 radical (unpaired) electrons. The number of benzene rings is 1. The molecule has 0 aliphatic rings. The van der Waals surface area contributed by atoms with Crippen LogP contribution in [0, 0.1) is 11.6 Å². The van der Waals surface area contributed by atoms with E-state index >= 15 is 0 Å². The van der Waals surface area contributed by atoms with Crippen molar-refractivity contribution in [2.45, 2.75) is 6.54 Å². The van der Waals surface area contributed by atoms with Crippen LogP contribution in [0.5, 0.6) is 5.75 Å². The van der Waals surface area contributed by atoms with Gasteiger partial charge in [-0.25, -0.2) is 18.0 Å². The van der Waals surface area contributed by atoms with Gasteiger partial charge in [0.05, 0.1) is 12.7 Å². The van der Waals surface area contributed by atoms with Gasteiger partial charge in [-0.3, -0.25) is 10.1 Å². The molecule has 0 unspecified atom stereocenters. The van der Waals surface area contributed by atoms with Crippen molar-refractivity contribution in [1.82, 2.24) is 34.8 Å². The molecule has 28 heavy (non-hydrogen) atoms. The number of nitrogens with zero attached hydrogens (tertiary/aromatic N) is 7. The first-order chi connectivity index (χ1) is 13.5. The van der Waals surface area contributed by atoms with Gasteiger partial charge < -0.3 is 4.74 Å². The van der Waals surface area contributed by atoms with E-state index in [1.165, 1.54) is 47.0 Å². The molecule has 0 fully saturated rings. The summed E-state index contributed by atoms with van der Waals surface area (Å²) >= 11 is 0. The molecular weight excluding hydrogens is 374 g/mol. The van der Waals surface area contributed by atoms with Gasteiger partial charge in [0.25, 0.3) is 0 Å². The highest BCUT2D eigenvalue weighted by Crippen LogP contribution is 2.31. The normalized spacial score (nSPS) is 11.0. The molecule has 10 nitrogen and oxygen atoms in total. The van der Waals surface area contributed by atoms with Crippen molar-refractivity contribution in [3.8, 4) is 16.9 Å². The molecule has 0 saturated carbocycles. The zero-order valence-corrected chi connectivity index (χ0v) is 14.4. The summed E-state index contributed by atoms with van der Waals surface area (Å²) in [7, 11) is 1.30. The number of rotatable bonds is 5. The van der Waals surface area contributed by atoms with Crippen LogP contribution in [-0.2, 0) is 11.3 Å². The summed E-state index contributed by atoms with van der Waals surface area (Å²) in [6.07, 6.45) is 2.69. The predicted octanol–water partition coefficient (Wildman–Crippen LogP) is 1.31. The van der Waals surface area contributed by atoms with E-state index in [0.29, 0.717) is 5.65 Å². The number of aromatic nitrogens is 7. The van der Waals surface area contributed by atoms with Crippen molar-refractivity contribution >= 4 is 17.5 Å². The molecule has 12 heteroatoms. The van der Waals surface area contributed by atoms with Gasteiger partial charge in [-0.1, -0.05) is 0 Å². The number of anilines is 1. The molecule has 3 heterocycles. The SMILES string of the molecule is COc1ccc(F)c(-c2ccc3nc(NC(=O)Cn4cnnn4)nn3c2)c1F. The van der Waals surface area contributed by atoms with E-state index in [0.717, 1.165) is 6.07 Å². The quantitative estimate of drug-likeness (QED) is 0.550. The first-order valence-corrected chi connectivity index (χ1v) is 7.94. The fourth-order valence-electron chi connectivity index (χ4n) is 2.60. The van der Waals surface area contributed by atoms with E-state index in [1.807, 2.05) is 0 Å². The Labute approximate surface area is 155 Å². The van der Waals surface area contributed by atoms with Crippen molar-refractivity contribution in [2.24, 2.45) is 0 Å². The Kier molecular flexibility index (Phi) is 4.35. The van der Waals surface area contributed by atoms with Gasteiger partial charge in [-0.2, -0.15) is 4.98 Å². The lowest BCUT2D eigenvalue weighted by molar-refractivity contribution is -0.117. The van der Waals surface area contributed by atoms with E-state index in [2.05, 4.69) is 30.9 Å². The molecular formula is C16H12F2N8O2. The minimum atomic E-state index is -0.822. The van der Waals surface area contributed by atoms with Crippen molar-refractivity contribution in [3.63, 3.8) is 0 Å². The van der Waals surface area contributed by atoms with Gasteiger partial charge in [-0.15, -0.1) is 10.2 Å². The van der Waals surface area contributed by atoms with E-state index in [4.69, 9.17) is 4.74 Å². The summed E-state index contributed by atoms with van der Waals surface area (Å²) < 4.78 is 36.1. The lowest BCUT2D eigenvalue weighted by atomic mass is 10.1. The zero-order valence-electron chi connectivity index (χ0n) is 14.4. The average molecular weight is 386 g/mol. The Morgan fingerprint density at radius 1 is 1.25 bits per heavy atom. The van der Waals surface area contributed by atoms with Crippen molar-refractivity contribution in [1.29, 1.82) is 0 Å². The third-order valence-corrected chi connectivity index (χ3v) is 3.84. The summed E-state index contributed by atoms with van der Waals surface area (Å²) in [5, 5.41) is 17.1. The lowest BCUT2D eigenvalue weighted by Gasteiger charge is -2.09. The zero-order chi connectivity index (χ0) is 19.7. The Hall–Kier alpha value is -3.96. The Morgan fingerprint density at radius 3 is 2.86 bits per heavy atom. The van der Waals surface area contributed by atoms with Gasteiger partial charge in [-0.05, 0) is 34.7 Å². The van der Waals surface area contributed by atoms with Crippen LogP contribution in [0.15, 0.2) is 36.8 Å². The minimum absolute atomic E-state index is 0.0295. The monoisotopic (exact) mass is 386 g/mol. The number of ether oxygens (including phenoxy) is 1. The van der Waals surface area contributed by atoms with E-state index in [-0.39, 0.29) is 29.4 Å². The Morgan fingerprint density at radius 2 is 2.11 bits per heavy atom. The number of amides is 1. The molecule has 3 aromatic heterocycles. The highest BCUT2D eigenvalue weighted by molar-refractivity contribution is 5.88. The van der Waals surface area contributed by atoms with Gasteiger partial charge in [0.15, 0.2) is 17.2 Å². The molecule has 0 spiro atoms. The highest BCUT2D eigenvalue weighted by Gasteiger charge is 2.17. The number of halogens is 2. The van der Waals surface area contributed by atoms with Gasteiger partial charge in [0.2, 0.25) is 11.9 Å². The molecule has 1 aromatic carbocycles. The molecule has 0 bridgehead atoms. The summed E-state index contributed by atoms with van der Waals surface area (Å²) in [6, 6.07) is 5.35. The van der Waals surface area contributed by atoms with Crippen molar-refractivity contribution in [2.75, 3.05) is 12.4 Å². The second-order valence-electron chi connectivity index (χ2n) is 5.65. The first kappa shape index (κ1) is 17.5. The maximum atomic E-state index is 14.5. The number of hydrogen-bond acceptors (Lipinski definition) is 7. The smallest absolute Gasteiger partial charge is 0.249 e. The molecule has 0 aliphatic heterocycles. The highest BCUT2D eigenvalue weighted by atomic mass is 19.1. The molecule has 142 valence electrons. The largest absolute Gasteiger partial charge is 0.494 e. The number of carbonyl (C=O) groups is 1. The fourth-order valence-corrected chi connectivity index (χ4v) is 2.60. The summed E-state index contributed by atoms with van der Waals surface area (Å²) in [6.45, 7) is -0.117. The minimum Gasteiger partial charge on any atom is -0.494 e. The molecule has 4 rings (SSSR count). The number of fused-ring (bicyclic) bond motifs is 1. The van der Waals surface area contributed by atoms with Crippen LogP contribution in [0.25, 0.3) is 16.8 Å². The summed E-state index contributed by atoms with van der Waals surface area (Å²) in [4.78, 5) is 16.1. The second kappa shape index (κ2) is 6.98. The average Bonchev–Trinajstić information content (AvgIpc) is 3.30. The number of methoxy groups -OCH3 is 1. The summed E-state index contributed by atoms with van der Waals surface area (Å²) in [5.74, 6) is -2.05. The van der Waals surface area contributed by atoms with Crippen molar-refractivity contribution in [3.05, 3.63) is 48.4 Å². The fraction of sp³-hybridized carbons (Fsp3) is 0.125. The van der Waals surface area contributed by atoms with Gasteiger partial charge in [0, 0.05) is 11.8 Å². The summed E-state index contributed by atoms with van der Waals surface area (Å²) in [5.41, 5.74) is 0.365. The Bertz CT molecular complexity index is 1160. The topological polar surface area (TPSA) is 112 Å². The Balaban J connectivity index is 1.63. The van der Waals surface area contributed by atoms with Gasteiger partial charge >= 0.3 is 0 Å². The van der Waals surface area contributed by atoms with Crippen LogP contribution in [-0.4, -0.2) is 47.8 Å². The van der Waals surface area contributed by atoms with Gasteiger partial charge in [0.1, 0.15) is 18.7 Å². The third-order valence-electron chi connectivity index (χ3n) is 3.84. The second-order valence-corrected chi connectivity index (χ2v) is 5.65. The molecule has 1 amide bonds. The van der Waals surface area contributed by atoms with Crippen LogP contribution in [0.1, 0.15) is 0 Å². The van der Waals surface area contributed by atoms with E-state index < -0.39 is 17.5 Å². The van der Waals surface area contributed by atoms with Crippen LogP contribution < -0.4 is 10.1 Å². The lowest BCUT2D eigenvalue weighted by Crippen LogP contribution is -2.19. The van der Waals surface area contributed by atoms with Crippen LogP contribution in [0.2, 0.25) is 0 Å². The molecule has 0 atom stereocenters. The van der Waals surface area contributed by atoms with Crippen molar-refractivity contribution < 1.29 is 18.3 Å². The molecule has 0 aliphatic carbocycles. The van der Waals surface area contributed by atoms with Crippen LogP contribution >= 0.6 is 0 Å². The number of pyridine rings is 1. The molecule has 4 aromatic rings. The maximum absolute atomic E-state index is 14.5. The predicted molar refractivity (Wildman–Crippen MR) is 91.3 cm³/mol. The molecule has 1 N–H and O–H groups in total. The maximum Gasteiger partial charge on any atom is 0.249 e. The van der Waals surface area contributed by atoms with E-state index in [1.54, 1.807) is 0 Å². The van der Waals surface area contributed by atoms with E-state index in [9.17, 15) is 13.6 Å². The standard InChI is InChI=1S/C16H12F2N8O2/c1-28-11-4-3-10(17)14(15(11)18)9-2-5-12-20-16(22-26(12)6-9)21-13(27)7-25-8-19-23-24-25/h2-6,8H,7H2,1H3,(H,21,22,27). The third kappa shape index (κ3) is 3.22. The van der Waals surface area contributed by atoms with Crippen LogP contribution in [0.4, 0.5) is 14.7 Å². The van der Waals surface area contributed by atoms with Crippen LogP contribution in [0.3, 0.4) is 0 Å². The molecule has 0 saturated heterocycles.